The molecule has 278 valence electrons. The van der Waals surface area contributed by atoms with E-state index in [4.69, 9.17) is 18.9 Å². The normalized spacial score (nSPS) is 11.7. The molecule has 0 atom stereocenters. The molecule has 0 fully saturated rings. The number of ether oxygens (including phenoxy) is 4. The van der Waals surface area contributed by atoms with Crippen molar-refractivity contribution in [2.24, 2.45) is 0 Å². The molecule has 6 heteroatoms. The molecule has 0 aromatic carbocycles. The summed E-state index contributed by atoms with van der Waals surface area (Å²) in [5.41, 5.74) is 0. The van der Waals surface area contributed by atoms with Gasteiger partial charge in [-0.1, -0.05) is 53.4 Å². The van der Waals surface area contributed by atoms with E-state index in [-0.39, 0.29) is 31.4 Å². The monoisotopic (exact) mass is 697 g/mol. The average molecular weight is 698 g/mol. The Morgan fingerprint density at radius 1 is 0.326 bits per heavy atom. The van der Waals surface area contributed by atoms with Crippen LogP contribution in [0.3, 0.4) is 0 Å². The molecular weight excluding hydrogens is 615 g/mol. The first-order valence-corrected chi connectivity index (χ1v) is 21.5. The summed E-state index contributed by atoms with van der Waals surface area (Å²) in [4.78, 5) is 0. The van der Waals surface area contributed by atoms with Gasteiger partial charge in [-0.2, -0.15) is 0 Å². The standard InChI is InChI=1S/2C20H41O2.Cu.Li/c2*1-4-7-10-12-15-18-21-20(17-14-9-6-3)22-19-16-13-11-8-5-2;;/h2*20H,3-19H2,1-2H3;;. The van der Waals surface area contributed by atoms with Crippen molar-refractivity contribution in [2.75, 3.05) is 26.4 Å². The fraction of sp³-hybridized carbons (Fsp3) is 1.00. The van der Waals surface area contributed by atoms with Gasteiger partial charge in [-0.3, -0.25) is 0 Å². The van der Waals surface area contributed by atoms with E-state index in [1.807, 2.05) is 0 Å². The van der Waals surface area contributed by atoms with Gasteiger partial charge < -0.3 is 0 Å². The van der Waals surface area contributed by atoms with Crippen molar-refractivity contribution in [2.45, 2.75) is 231 Å². The van der Waals surface area contributed by atoms with E-state index >= 15 is 0 Å². The molecule has 0 unspecified atom stereocenters. The maximum atomic E-state index is 6.19. The minimum absolute atomic E-state index is 0. The van der Waals surface area contributed by atoms with E-state index in [1.165, 1.54) is 178 Å². The molecule has 0 aromatic heterocycles. The molecule has 0 N–H and O–H groups in total. The molecule has 0 aliphatic carbocycles. The Morgan fingerprint density at radius 3 is 0.870 bits per heavy atom. The van der Waals surface area contributed by atoms with E-state index in [0.29, 0.717) is 0 Å². The first-order chi connectivity index (χ1) is 22.3. The van der Waals surface area contributed by atoms with Gasteiger partial charge in [-0.25, -0.2) is 0 Å². The predicted octanol–water partition coefficient (Wildman–Crippen LogP) is 13.2. The van der Waals surface area contributed by atoms with Crippen LogP contribution in [0.2, 0.25) is 10.6 Å². The first-order valence-electron chi connectivity index (χ1n) is 20.2. The molecule has 4 nitrogen and oxygen atoms in total. The third-order valence-corrected chi connectivity index (χ3v) is 9.84. The van der Waals surface area contributed by atoms with E-state index in [2.05, 4.69) is 42.7 Å². The summed E-state index contributed by atoms with van der Waals surface area (Å²) in [5, 5.41) is 2.55. The predicted molar refractivity (Wildman–Crippen MR) is 199 cm³/mol. The molecule has 0 saturated heterocycles. The smallest absolute Gasteiger partial charge is 0.0654 e. The molecule has 0 spiro atoms. The number of unbranched alkanes of at least 4 members (excludes halogenated alkanes) is 20. The zero-order valence-corrected chi connectivity index (χ0v) is 33.1. The molecule has 0 rings (SSSR count). The third-order valence-electron chi connectivity index (χ3n) is 8.51. The number of hydrogen-bond donors (Lipinski definition) is 0. The summed E-state index contributed by atoms with van der Waals surface area (Å²) in [6.07, 6.45) is 35.5. The van der Waals surface area contributed by atoms with Crippen LogP contribution in [0.1, 0.15) is 207 Å². The van der Waals surface area contributed by atoms with Crippen LogP contribution < -0.4 is 0 Å². The van der Waals surface area contributed by atoms with E-state index in [0.717, 1.165) is 39.3 Å². The van der Waals surface area contributed by atoms with Crippen LogP contribution in [0.15, 0.2) is 0 Å². The number of rotatable bonds is 40. The minimum Gasteiger partial charge on any atom is -0.0654 e. The van der Waals surface area contributed by atoms with E-state index in [9.17, 15) is 0 Å². The Morgan fingerprint density at radius 2 is 0.587 bits per heavy atom. The van der Waals surface area contributed by atoms with Crippen molar-refractivity contribution in [3.8, 4) is 0 Å². The SMILES string of the molecule is CCCCCCCOC(CCCC[CH2][Cu][CH2]CCCCC(OCCCCCCC)OCCCCCCC)OCCCCCCC.[Li]. The Balaban J connectivity index is 0. The minimum atomic E-state index is 0. The molecule has 0 saturated carbocycles. The van der Waals surface area contributed by atoms with Gasteiger partial charge in [0.15, 0.2) is 0 Å². The van der Waals surface area contributed by atoms with Crippen molar-refractivity contribution < 1.29 is 33.9 Å². The van der Waals surface area contributed by atoms with Crippen LogP contribution in [-0.2, 0) is 33.9 Å². The summed E-state index contributed by atoms with van der Waals surface area (Å²) >= 11 is 2.23. The van der Waals surface area contributed by atoms with Gasteiger partial charge in [0.2, 0.25) is 0 Å². The third kappa shape index (κ3) is 39.4. The fourth-order valence-corrected chi connectivity index (χ4v) is 6.64. The van der Waals surface area contributed by atoms with Crippen LogP contribution in [0.4, 0.5) is 0 Å². The molecule has 0 amide bonds. The Bertz CT molecular complexity index is 451. The average Bonchev–Trinajstić information content (AvgIpc) is 3.05. The maximum absolute atomic E-state index is 6.19. The fourth-order valence-electron chi connectivity index (χ4n) is 5.46. The summed E-state index contributed by atoms with van der Waals surface area (Å²) in [6, 6.07) is 0. The number of hydrogen-bond acceptors (Lipinski definition) is 4. The van der Waals surface area contributed by atoms with E-state index in [1.54, 1.807) is 0 Å². The molecule has 46 heavy (non-hydrogen) atoms. The summed E-state index contributed by atoms with van der Waals surface area (Å²) in [7, 11) is 0. The summed E-state index contributed by atoms with van der Waals surface area (Å²) < 4.78 is 24.7. The molecule has 0 bridgehead atoms. The zero-order chi connectivity index (χ0) is 32.7. The molecule has 0 aliphatic rings. The molecule has 0 aromatic rings. The summed E-state index contributed by atoms with van der Waals surface area (Å²) in [5.74, 6) is 0. The second-order valence-electron chi connectivity index (χ2n) is 13.2. The van der Waals surface area contributed by atoms with Gasteiger partial charge in [0.05, 0.1) is 0 Å². The van der Waals surface area contributed by atoms with Crippen molar-refractivity contribution in [1.29, 1.82) is 0 Å². The Hall–Kier alpha value is 0.957. The van der Waals surface area contributed by atoms with Crippen LogP contribution in [0.25, 0.3) is 0 Å². The second-order valence-corrected chi connectivity index (χ2v) is 14.6. The van der Waals surface area contributed by atoms with Gasteiger partial charge >= 0.3 is 238 Å². The van der Waals surface area contributed by atoms with Crippen molar-refractivity contribution in [1.82, 2.24) is 0 Å². The second kappa shape index (κ2) is 44.0. The quantitative estimate of drug-likeness (QED) is 0.0363. The van der Waals surface area contributed by atoms with Gasteiger partial charge in [0.25, 0.3) is 0 Å². The van der Waals surface area contributed by atoms with Gasteiger partial charge in [0, 0.05) is 18.9 Å². The zero-order valence-electron chi connectivity index (χ0n) is 32.1. The molecule has 0 aliphatic heterocycles. The Labute approximate surface area is 308 Å². The van der Waals surface area contributed by atoms with Crippen molar-refractivity contribution in [3.63, 3.8) is 0 Å². The van der Waals surface area contributed by atoms with Gasteiger partial charge in [0.1, 0.15) is 0 Å². The van der Waals surface area contributed by atoms with Crippen LogP contribution in [0.5, 0.6) is 0 Å². The topological polar surface area (TPSA) is 36.9 Å². The van der Waals surface area contributed by atoms with Crippen LogP contribution in [0, 0.1) is 0 Å². The van der Waals surface area contributed by atoms with Crippen LogP contribution >= 0.6 is 0 Å². The summed E-state index contributed by atoms with van der Waals surface area (Å²) in [6.45, 7) is 12.5. The van der Waals surface area contributed by atoms with Gasteiger partial charge in [-0.15, -0.1) is 0 Å². The molecular formula is C40H82CuLiO4. The van der Waals surface area contributed by atoms with Gasteiger partial charge in [-0.05, 0) is 0 Å². The Kier molecular flexibility index (Phi) is 46.9. The van der Waals surface area contributed by atoms with Crippen molar-refractivity contribution >= 4 is 18.9 Å². The van der Waals surface area contributed by atoms with Crippen LogP contribution in [-0.4, -0.2) is 57.9 Å². The molecule has 1 radical (unpaired) electrons. The van der Waals surface area contributed by atoms with E-state index < -0.39 is 0 Å². The first kappa shape index (κ1) is 49.1. The van der Waals surface area contributed by atoms with Crippen molar-refractivity contribution in [3.05, 3.63) is 0 Å². The molecule has 0 heterocycles.